The second-order valence-corrected chi connectivity index (χ2v) is 6.72. The van der Waals surface area contributed by atoms with E-state index in [2.05, 4.69) is 39.7 Å². The summed E-state index contributed by atoms with van der Waals surface area (Å²) in [4.78, 5) is 4.67. The molecule has 1 rings (SSSR count). The Bertz CT molecular complexity index is 486. The maximum Gasteiger partial charge on any atom is 0.191 e. The van der Waals surface area contributed by atoms with Crippen molar-refractivity contribution in [2.24, 2.45) is 12.0 Å². The molecular formula is C19H39IN6. The number of halogens is 1. The molecular weight excluding hydrogens is 439 g/mol. The van der Waals surface area contributed by atoms with Crippen molar-refractivity contribution in [3.8, 4) is 0 Å². The molecule has 0 saturated heterocycles. The van der Waals surface area contributed by atoms with Crippen molar-refractivity contribution in [3.05, 3.63) is 11.6 Å². The van der Waals surface area contributed by atoms with Crippen LogP contribution in [0.2, 0.25) is 0 Å². The largest absolute Gasteiger partial charge is 0.356 e. The quantitative estimate of drug-likeness (QED) is 0.192. The maximum absolute atomic E-state index is 4.67. The van der Waals surface area contributed by atoms with Crippen LogP contribution in [-0.4, -0.2) is 33.8 Å². The standard InChI is InChI=1S/C19H38N6.HI/c1-5-7-9-10-11-12-13-15-21-19(20-14-8-6-2)22-16-18-24-23-17(3)25(18)4;/h5-16H2,1-4H3,(H2,20,21,22);1H. The van der Waals surface area contributed by atoms with Crippen molar-refractivity contribution >= 4 is 29.9 Å². The van der Waals surface area contributed by atoms with E-state index in [1.54, 1.807) is 0 Å². The predicted octanol–water partition coefficient (Wildman–Crippen LogP) is 4.33. The van der Waals surface area contributed by atoms with Crippen molar-refractivity contribution in [1.29, 1.82) is 0 Å². The topological polar surface area (TPSA) is 67.1 Å². The number of aromatic nitrogens is 3. The summed E-state index contributed by atoms with van der Waals surface area (Å²) in [6, 6.07) is 0. The lowest BCUT2D eigenvalue weighted by atomic mass is 10.1. The van der Waals surface area contributed by atoms with Crippen LogP contribution in [0.1, 0.15) is 83.3 Å². The van der Waals surface area contributed by atoms with Gasteiger partial charge in [-0.2, -0.15) is 0 Å². The number of unbranched alkanes of at least 4 members (excludes halogenated alkanes) is 7. The van der Waals surface area contributed by atoms with Gasteiger partial charge >= 0.3 is 0 Å². The fraction of sp³-hybridized carbons (Fsp3) is 0.842. The van der Waals surface area contributed by atoms with Crippen LogP contribution in [-0.2, 0) is 13.6 Å². The Kier molecular flexibility index (Phi) is 15.8. The molecule has 1 aromatic rings. The highest BCUT2D eigenvalue weighted by Gasteiger charge is 2.05. The molecule has 0 aliphatic rings. The van der Waals surface area contributed by atoms with Crippen LogP contribution < -0.4 is 10.6 Å². The van der Waals surface area contributed by atoms with E-state index in [1.807, 2.05) is 18.5 Å². The summed E-state index contributed by atoms with van der Waals surface area (Å²) < 4.78 is 1.99. The Labute approximate surface area is 177 Å². The highest BCUT2D eigenvalue weighted by molar-refractivity contribution is 14.0. The molecule has 6 nitrogen and oxygen atoms in total. The molecule has 1 aromatic heterocycles. The second-order valence-electron chi connectivity index (χ2n) is 6.72. The molecule has 0 amide bonds. The lowest BCUT2D eigenvalue weighted by Gasteiger charge is -2.12. The SMILES string of the molecule is CCCCCCCCCNC(=NCc1nnc(C)n1C)NCCCC.I. The first kappa shape index (κ1) is 25.1. The molecule has 0 aromatic carbocycles. The molecule has 152 valence electrons. The van der Waals surface area contributed by atoms with Gasteiger partial charge in [0.15, 0.2) is 11.8 Å². The third kappa shape index (κ3) is 11.0. The first-order valence-electron chi connectivity index (χ1n) is 10.1. The van der Waals surface area contributed by atoms with Crippen molar-refractivity contribution in [2.45, 2.75) is 85.1 Å². The Morgan fingerprint density at radius 1 is 0.885 bits per heavy atom. The summed E-state index contributed by atoms with van der Waals surface area (Å²) in [7, 11) is 1.98. The van der Waals surface area contributed by atoms with E-state index >= 15 is 0 Å². The highest BCUT2D eigenvalue weighted by atomic mass is 127. The maximum atomic E-state index is 4.67. The summed E-state index contributed by atoms with van der Waals surface area (Å²) in [5, 5.41) is 15.1. The van der Waals surface area contributed by atoms with Gasteiger partial charge < -0.3 is 15.2 Å². The second kappa shape index (κ2) is 16.3. The summed E-state index contributed by atoms with van der Waals surface area (Å²) >= 11 is 0. The molecule has 26 heavy (non-hydrogen) atoms. The molecule has 2 N–H and O–H groups in total. The number of aryl methyl sites for hydroxylation is 1. The Hall–Kier alpha value is -0.860. The van der Waals surface area contributed by atoms with E-state index in [-0.39, 0.29) is 24.0 Å². The summed E-state index contributed by atoms with van der Waals surface area (Å²) in [6.07, 6.45) is 11.6. The molecule has 0 aliphatic carbocycles. The fourth-order valence-electron chi connectivity index (χ4n) is 2.59. The molecule has 0 fully saturated rings. The van der Waals surface area contributed by atoms with Gasteiger partial charge in [-0.15, -0.1) is 34.2 Å². The van der Waals surface area contributed by atoms with Crippen LogP contribution in [0, 0.1) is 6.92 Å². The van der Waals surface area contributed by atoms with Gasteiger partial charge in [-0.25, -0.2) is 4.99 Å². The Morgan fingerprint density at radius 3 is 2.04 bits per heavy atom. The van der Waals surface area contributed by atoms with Crippen molar-refractivity contribution in [2.75, 3.05) is 13.1 Å². The van der Waals surface area contributed by atoms with Gasteiger partial charge in [0.25, 0.3) is 0 Å². The molecule has 0 spiro atoms. The summed E-state index contributed by atoms with van der Waals surface area (Å²) in [5.74, 6) is 2.70. The monoisotopic (exact) mass is 478 g/mol. The van der Waals surface area contributed by atoms with E-state index in [9.17, 15) is 0 Å². The minimum absolute atomic E-state index is 0. The van der Waals surface area contributed by atoms with Gasteiger partial charge in [-0.3, -0.25) is 0 Å². The predicted molar refractivity (Wildman–Crippen MR) is 121 cm³/mol. The van der Waals surface area contributed by atoms with E-state index in [1.165, 1.54) is 51.4 Å². The third-order valence-electron chi connectivity index (χ3n) is 4.46. The summed E-state index contributed by atoms with van der Waals surface area (Å²) in [6.45, 7) is 8.90. The van der Waals surface area contributed by atoms with Gasteiger partial charge in [0.05, 0.1) is 0 Å². The number of hydrogen-bond donors (Lipinski definition) is 2. The molecule has 0 saturated carbocycles. The van der Waals surface area contributed by atoms with Crippen LogP contribution in [0.4, 0.5) is 0 Å². The number of nitrogens with zero attached hydrogens (tertiary/aromatic N) is 4. The minimum Gasteiger partial charge on any atom is -0.356 e. The van der Waals surface area contributed by atoms with Crippen LogP contribution in [0.5, 0.6) is 0 Å². The number of rotatable bonds is 13. The molecule has 0 atom stereocenters. The van der Waals surface area contributed by atoms with E-state index in [4.69, 9.17) is 0 Å². The minimum atomic E-state index is 0. The number of nitrogens with one attached hydrogen (secondary N) is 2. The van der Waals surface area contributed by atoms with Crippen molar-refractivity contribution < 1.29 is 0 Å². The Balaban J connectivity index is 0.00000625. The van der Waals surface area contributed by atoms with E-state index in [0.717, 1.165) is 37.1 Å². The first-order chi connectivity index (χ1) is 12.2. The fourth-order valence-corrected chi connectivity index (χ4v) is 2.59. The van der Waals surface area contributed by atoms with Crippen LogP contribution in [0.3, 0.4) is 0 Å². The lowest BCUT2D eigenvalue weighted by Crippen LogP contribution is -2.38. The lowest BCUT2D eigenvalue weighted by molar-refractivity contribution is 0.583. The van der Waals surface area contributed by atoms with Gasteiger partial charge in [-0.1, -0.05) is 58.8 Å². The molecule has 7 heteroatoms. The zero-order chi connectivity index (χ0) is 18.3. The zero-order valence-corrected chi connectivity index (χ0v) is 19.5. The average molecular weight is 478 g/mol. The van der Waals surface area contributed by atoms with Gasteiger partial charge in [-0.05, 0) is 19.8 Å². The van der Waals surface area contributed by atoms with Crippen LogP contribution in [0.25, 0.3) is 0 Å². The van der Waals surface area contributed by atoms with E-state index < -0.39 is 0 Å². The highest BCUT2D eigenvalue weighted by Crippen LogP contribution is 2.06. The smallest absolute Gasteiger partial charge is 0.191 e. The molecule has 0 unspecified atom stereocenters. The molecule has 0 aliphatic heterocycles. The van der Waals surface area contributed by atoms with Crippen molar-refractivity contribution in [3.63, 3.8) is 0 Å². The van der Waals surface area contributed by atoms with Gasteiger partial charge in [0.1, 0.15) is 12.4 Å². The zero-order valence-electron chi connectivity index (χ0n) is 17.2. The van der Waals surface area contributed by atoms with Gasteiger partial charge in [0.2, 0.25) is 0 Å². The number of hydrogen-bond acceptors (Lipinski definition) is 3. The molecule has 1 heterocycles. The molecule has 0 bridgehead atoms. The van der Waals surface area contributed by atoms with Gasteiger partial charge in [0, 0.05) is 20.1 Å². The molecule has 0 radical (unpaired) electrons. The van der Waals surface area contributed by atoms with Crippen molar-refractivity contribution in [1.82, 2.24) is 25.4 Å². The average Bonchev–Trinajstić information content (AvgIpc) is 2.93. The third-order valence-corrected chi connectivity index (χ3v) is 4.46. The number of aliphatic imine (C=N–C) groups is 1. The normalized spacial score (nSPS) is 11.3. The van der Waals surface area contributed by atoms with Crippen LogP contribution in [0.15, 0.2) is 4.99 Å². The number of guanidine groups is 1. The first-order valence-corrected chi connectivity index (χ1v) is 10.1. The van der Waals surface area contributed by atoms with E-state index in [0.29, 0.717) is 6.54 Å². The Morgan fingerprint density at radius 2 is 1.46 bits per heavy atom. The van der Waals surface area contributed by atoms with Crippen LogP contribution >= 0.6 is 24.0 Å². The summed E-state index contributed by atoms with van der Waals surface area (Å²) in [5.41, 5.74) is 0.